The molecule has 5 nitrogen and oxygen atoms in total. The van der Waals surface area contributed by atoms with Crippen LogP contribution in [0.15, 0.2) is 27.8 Å². The first-order valence-electron chi connectivity index (χ1n) is 5.24. The first-order chi connectivity index (χ1) is 7.84. The fourth-order valence-corrected chi connectivity index (χ4v) is 1.88. The van der Waals surface area contributed by atoms with E-state index in [4.69, 9.17) is 4.42 Å². The van der Waals surface area contributed by atoms with Crippen molar-refractivity contribution in [2.45, 2.75) is 12.8 Å². The summed E-state index contributed by atoms with van der Waals surface area (Å²) in [6.07, 6.45) is 4.88. The van der Waals surface area contributed by atoms with Crippen molar-refractivity contribution in [3.05, 3.63) is 34.5 Å². The molecule has 0 spiro atoms. The zero-order valence-electron chi connectivity index (χ0n) is 8.62. The topological polar surface area (TPSA) is 70.9 Å². The van der Waals surface area contributed by atoms with Crippen molar-refractivity contribution >= 4 is 5.82 Å². The third-order valence-corrected chi connectivity index (χ3v) is 2.71. The Bertz CT molecular complexity index is 557. The van der Waals surface area contributed by atoms with Crippen LogP contribution in [0.5, 0.6) is 0 Å². The molecule has 0 aromatic carbocycles. The molecule has 3 heterocycles. The molecule has 0 amide bonds. The molecule has 0 bridgehead atoms. The molecule has 0 aliphatic carbocycles. The molecule has 0 atom stereocenters. The predicted molar refractivity (Wildman–Crippen MR) is 59.4 cm³/mol. The highest BCUT2D eigenvalue weighted by molar-refractivity contribution is 5.57. The Morgan fingerprint density at radius 3 is 3.19 bits per heavy atom. The highest BCUT2D eigenvalue weighted by Crippen LogP contribution is 2.20. The smallest absolute Gasteiger partial charge is 0.256 e. The molecule has 82 valence electrons. The molecular weight excluding hydrogens is 206 g/mol. The minimum absolute atomic E-state index is 0.0617. The summed E-state index contributed by atoms with van der Waals surface area (Å²) in [5.74, 6) is 1.25. The second kappa shape index (κ2) is 3.52. The van der Waals surface area contributed by atoms with Crippen molar-refractivity contribution in [2.75, 3.05) is 11.9 Å². The van der Waals surface area contributed by atoms with Crippen LogP contribution in [0, 0.1) is 0 Å². The van der Waals surface area contributed by atoms with Gasteiger partial charge in [-0.05, 0) is 18.9 Å². The number of nitrogens with zero attached hydrogens (tertiary/aromatic N) is 1. The predicted octanol–water partition coefficient (Wildman–Crippen LogP) is 1.39. The summed E-state index contributed by atoms with van der Waals surface area (Å²) in [6.45, 7) is 0.869. The molecular formula is C11H11N3O2. The number of aromatic amines is 1. The lowest BCUT2D eigenvalue weighted by atomic mass is 10.1. The fourth-order valence-electron chi connectivity index (χ4n) is 1.88. The van der Waals surface area contributed by atoms with Gasteiger partial charge in [0.05, 0.1) is 17.4 Å². The molecule has 16 heavy (non-hydrogen) atoms. The summed E-state index contributed by atoms with van der Waals surface area (Å²) in [5.41, 5.74) is 1.47. The van der Waals surface area contributed by atoms with Crippen LogP contribution in [0.4, 0.5) is 5.82 Å². The molecule has 0 saturated heterocycles. The van der Waals surface area contributed by atoms with Gasteiger partial charge < -0.3 is 14.7 Å². The SMILES string of the molecule is O=c1[nH]c(-c2ccoc2)nc2c1CCCN2. The second-order valence-corrected chi connectivity index (χ2v) is 3.78. The van der Waals surface area contributed by atoms with Crippen molar-refractivity contribution in [3.8, 4) is 11.4 Å². The average Bonchev–Trinajstić information content (AvgIpc) is 2.82. The fraction of sp³-hybridized carbons (Fsp3) is 0.273. The van der Waals surface area contributed by atoms with Gasteiger partial charge in [-0.1, -0.05) is 0 Å². The largest absolute Gasteiger partial charge is 0.472 e. The van der Waals surface area contributed by atoms with E-state index in [1.54, 1.807) is 18.6 Å². The standard InChI is InChI=1S/C11H11N3O2/c15-11-8-2-1-4-12-10(8)13-9(14-11)7-3-5-16-6-7/h3,5-6H,1-2,4H2,(H2,12,13,14,15). The van der Waals surface area contributed by atoms with Gasteiger partial charge in [-0.3, -0.25) is 4.79 Å². The molecule has 0 saturated carbocycles. The van der Waals surface area contributed by atoms with Crippen molar-refractivity contribution in [1.82, 2.24) is 9.97 Å². The molecule has 0 fully saturated rings. The number of aromatic nitrogens is 2. The summed E-state index contributed by atoms with van der Waals surface area (Å²) < 4.78 is 4.97. The zero-order valence-corrected chi connectivity index (χ0v) is 8.62. The van der Waals surface area contributed by atoms with Crippen molar-refractivity contribution in [3.63, 3.8) is 0 Å². The molecule has 1 aliphatic rings. The van der Waals surface area contributed by atoms with E-state index in [1.807, 2.05) is 0 Å². The number of nitrogens with one attached hydrogen (secondary N) is 2. The number of rotatable bonds is 1. The first-order valence-corrected chi connectivity index (χ1v) is 5.24. The third kappa shape index (κ3) is 1.41. The Balaban J connectivity index is 2.16. The van der Waals surface area contributed by atoms with Crippen LogP contribution >= 0.6 is 0 Å². The lowest BCUT2D eigenvalue weighted by molar-refractivity contribution is 0.568. The molecule has 2 aromatic heterocycles. The van der Waals surface area contributed by atoms with Gasteiger partial charge in [0.15, 0.2) is 0 Å². The van der Waals surface area contributed by atoms with Gasteiger partial charge in [0.25, 0.3) is 5.56 Å². The molecule has 0 radical (unpaired) electrons. The monoisotopic (exact) mass is 217 g/mol. The summed E-state index contributed by atoms with van der Waals surface area (Å²) >= 11 is 0. The second-order valence-electron chi connectivity index (χ2n) is 3.78. The van der Waals surface area contributed by atoms with Crippen molar-refractivity contribution < 1.29 is 4.42 Å². The minimum atomic E-state index is -0.0617. The van der Waals surface area contributed by atoms with E-state index in [0.29, 0.717) is 11.6 Å². The Hall–Kier alpha value is -2.04. The summed E-state index contributed by atoms with van der Waals surface area (Å²) in [4.78, 5) is 19.0. The maximum Gasteiger partial charge on any atom is 0.256 e. The van der Waals surface area contributed by atoms with Crippen molar-refractivity contribution in [2.24, 2.45) is 0 Å². The van der Waals surface area contributed by atoms with E-state index in [1.165, 1.54) is 0 Å². The van der Waals surface area contributed by atoms with Gasteiger partial charge in [-0.2, -0.15) is 0 Å². The van der Waals surface area contributed by atoms with Crippen LogP contribution < -0.4 is 10.9 Å². The van der Waals surface area contributed by atoms with Crippen LogP contribution in [0.1, 0.15) is 12.0 Å². The Morgan fingerprint density at radius 1 is 1.44 bits per heavy atom. The van der Waals surface area contributed by atoms with Crippen molar-refractivity contribution in [1.29, 1.82) is 0 Å². The van der Waals surface area contributed by atoms with E-state index in [-0.39, 0.29) is 5.56 Å². The Kier molecular flexibility index (Phi) is 2.02. The quantitative estimate of drug-likeness (QED) is 0.757. The summed E-state index contributed by atoms with van der Waals surface area (Å²) in [5, 5.41) is 3.14. The van der Waals surface area contributed by atoms with Crippen LogP contribution in [-0.4, -0.2) is 16.5 Å². The number of anilines is 1. The highest BCUT2D eigenvalue weighted by atomic mass is 16.3. The van der Waals surface area contributed by atoms with Gasteiger partial charge in [0.1, 0.15) is 17.9 Å². The zero-order chi connectivity index (χ0) is 11.0. The van der Waals surface area contributed by atoms with E-state index < -0.39 is 0 Å². The van der Waals surface area contributed by atoms with E-state index in [2.05, 4.69) is 15.3 Å². The van der Waals surface area contributed by atoms with Gasteiger partial charge in [-0.25, -0.2) is 4.98 Å². The molecule has 0 unspecified atom stereocenters. The molecule has 3 rings (SSSR count). The van der Waals surface area contributed by atoms with E-state index >= 15 is 0 Å². The Morgan fingerprint density at radius 2 is 2.38 bits per heavy atom. The van der Waals surface area contributed by atoms with Gasteiger partial charge >= 0.3 is 0 Å². The highest BCUT2D eigenvalue weighted by Gasteiger charge is 2.15. The minimum Gasteiger partial charge on any atom is -0.472 e. The average molecular weight is 217 g/mol. The van der Waals surface area contributed by atoms with E-state index in [0.717, 1.165) is 30.5 Å². The molecule has 5 heteroatoms. The van der Waals surface area contributed by atoms with Gasteiger partial charge in [0.2, 0.25) is 0 Å². The van der Waals surface area contributed by atoms with E-state index in [9.17, 15) is 4.79 Å². The number of fused-ring (bicyclic) bond motifs is 1. The number of hydrogen-bond donors (Lipinski definition) is 2. The van der Waals surface area contributed by atoms with Crippen LogP contribution in [0.3, 0.4) is 0 Å². The normalized spacial score (nSPS) is 14.2. The number of hydrogen-bond acceptors (Lipinski definition) is 4. The molecule has 2 N–H and O–H groups in total. The van der Waals surface area contributed by atoms with Crippen LogP contribution in [-0.2, 0) is 6.42 Å². The van der Waals surface area contributed by atoms with Crippen LogP contribution in [0.2, 0.25) is 0 Å². The molecule has 1 aliphatic heterocycles. The molecule has 2 aromatic rings. The summed E-state index contributed by atoms with van der Waals surface area (Å²) in [7, 11) is 0. The maximum atomic E-state index is 11.8. The lowest BCUT2D eigenvalue weighted by Gasteiger charge is -2.16. The van der Waals surface area contributed by atoms with Gasteiger partial charge in [-0.15, -0.1) is 0 Å². The maximum absolute atomic E-state index is 11.8. The van der Waals surface area contributed by atoms with Crippen LogP contribution in [0.25, 0.3) is 11.4 Å². The summed E-state index contributed by atoms with van der Waals surface area (Å²) in [6, 6.07) is 1.77. The Labute approximate surface area is 91.5 Å². The number of furan rings is 1. The third-order valence-electron chi connectivity index (χ3n) is 2.71. The first kappa shape index (κ1) is 9.21. The number of H-pyrrole nitrogens is 1. The van der Waals surface area contributed by atoms with Gasteiger partial charge in [0, 0.05) is 6.54 Å². The lowest BCUT2D eigenvalue weighted by Crippen LogP contribution is -2.24.